The van der Waals surface area contributed by atoms with Gasteiger partial charge in [0.15, 0.2) is 5.52 Å². The van der Waals surface area contributed by atoms with Crippen LogP contribution in [0.15, 0.2) is 36.9 Å². The Bertz CT molecular complexity index is 281. The molecule has 0 bridgehead atoms. The first-order chi connectivity index (χ1) is 4.47. The highest BCUT2D eigenvalue weighted by atomic mass is 15.0. The molecule has 0 atom stereocenters. The maximum absolute atomic E-state index is 3.00. The lowest BCUT2D eigenvalue weighted by molar-refractivity contribution is -0.511. The second-order valence-corrected chi connectivity index (χ2v) is 1.97. The summed E-state index contributed by atoms with van der Waals surface area (Å²) in [5, 5.41) is 0. The smallest absolute Gasteiger partial charge is 0.246 e. The molecule has 2 heterocycles. The Morgan fingerprint density at radius 2 is 2.33 bits per heavy atom. The number of imidazole rings is 1. The van der Waals surface area contributed by atoms with Gasteiger partial charge >= 0.3 is 0 Å². The maximum Gasteiger partial charge on any atom is 0.246 e. The highest BCUT2D eigenvalue weighted by Gasteiger charge is 1.93. The van der Waals surface area contributed by atoms with Gasteiger partial charge in [-0.3, -0.25) is 0 Å². The van der Waals surface area contributed by atoms with E-state index in [0.29, 0.717) is 0 Å². The summed E-state index contributed by atoms with van der Waals surface area (Å²) in [5.74, 6) is 0. The van der Waals surface area contributed by atoms with Crippen molar-refractivity contribution in [2.45, 2.75) is 0 Å². The minimum absolute atomic E-state index is 1.19. The van der Waals surface area contributed by atoms with Gasteiger partial charge in [0.1, 0.15) is 6.20 Å². The molecular weight excluding hydrogens is 112 g/mol. The summed E-state index contributed by atoms with van der Waals surface area (Å²) in [6.07, 6.45) is 5.88. The van der Waals surface area contributed by atoms with Crippen molar-refractivity contribution >= 4 is 5.52 Å². The Morgan fingerprint density at radius 3 is 3.22 bits per heavy atom. The van der Waals surface area contributed by atoms with Crippen molar-refractivity contribution in [3.05, 3.63) is 36.9 Å². The fraction of sp³-hybridized carbons (Fsp3) is 0. The molecule has 0 aliphatic heterocycles. The zero-order valence-corrected chi connectivity index (χ0v) is 4.91. The van der Waals surface area contributed by atoms with Gasteiger partial charge < -0.3 is 0 Å². The zero-order valence-electron chi connectivity index (χ0n) is 4.91. The number of aromatic amines is 1. The van der Waals surface area contributed by atoms with E-state index in [4.69, 9.17) is 0 Å². The molecule has 2 heteroatoms. The number of fused-ring (bicyclic) bond motifs is 1. The quantitative estimate of drug-likeness (QED) is 0.494. The van der Waals surface area contributed by atoms with Crippen molar-refractivity contribution in [2.24, 2.45) is 0 Å². The van der Waals surface area contributed by atoms with Crippen molar-refractivity contribution < 1.29 is 4.40 Å². The number of aromatic nitrogens is 2. The fourth-order valence-corrected chi connectivity index (χ4v) is 0.912. The van der Waals surface area contributed by atoms with Crippen molar-refractivity contribution in [1.29, 1.82) is 0 Å². The van der Waals surface area contributed by atoms with Crippen LogP contribution in [-0.4, -0.2) is 4.98 Å². The van der Waals surface area contributed by atoms with E-state index in [1.54, 1.807) is 0 Å². The molecule has 0 amide bonds. The van der Waals surface area contributed by atoms with E-state index in [0.717, 1.165) is 0 Å². The summed E-state index contributed by atoms with van der Waals surface area (Å²) in [6.45, 7) is 0. The van der Waals surface area contributed by atoms with Crippen molar-refractivity contribution in [3.63, 3.8) is 0 Å². The Morgan fingerprint density at radius 1 is 1.33 bits per heavy atom. The van der Waals surface area contributed by atoms with Crippen LogP contribution < -0.4 is 4.40 Å². The summed E-state index contributed by atoms with van der Waals surface area (Å²) < 4.78 is 2.03. The van der Waals surface area contributed by atoms with E-state index in [-0.39, 0.29) is 0 Å². The summed E-state index contributed by atoms with van der Waals surface area (Å²) in [7, 11) is 0. The van der Waals surface area contributed by atoms with Crippen LogP contribution in [0.2, 0.25) is 0 Å². The molecule has 0 aliphatic carbocycles. The predicted octanol–water partition coefficient (Wildman–Crippen LogP) is 0.753. The maximum atomic E-state index is 3.00. The van der Waals surface area contributed by atoms with Gasteiger partial charge in [-0.1, -0.05) is 6.07 Å². The van der Waals surface area contributed by atoms with Gasteiger partial charge in [0.05, 0.1) is 6.20 Å². The molecule has 1 N–H and O–H groups in total. The van der Waals surface area contributed by atoms with Crippen LogP contribution in [0.3, 0.4) is 0 Å². The molecular formula is C7H7N2+. The first-order valence-electron chi connectivity index (χ1n) is 2.89. The van der Waals surface area contributed by atoms with E-state index in [2.05, 4.69) is 11.1 Å². The van der Waals surface area contributed by atoms with Gasteiger partial charge in [-0.25, -0.2) is 9.38 Å². The van der Waals surface area contributed by atoms with Crippen LogP contribution in [0, 0.1) is 0 Å². The van der Waals surface area contributed by atoms with Gasteiger partial charge in [0.2, 0.25) is 6.33 Å². The number of nitrogens with zero attached hydrogens (tertiary/aromatic N) is 1. The monoisotopic (exact) mass is 119 g/mol. The van der Waals surface area contributed by atoms with Gasteiger partial charge in [-0.05, 0) is 12.1 Å². The Hall–Kier alpha value is -1.31. The molecule has 2 aromatic rings. The van der Waals surface area contributed by atoms with Crippen molar-refractivity contribution in [3.8, 4) is 0 Å². The number of H-pyrrole nitrogens is 1. The number of pyridine rings is 1. The van der Waals surface area contributed by atoms with Crippen LogP contribution in [0.4, 0.5) is 0 Å². The number of nitrogens with one attached hydrogen (secondary N) is 1. The average molecular weight is 119 g/mol. The Balaban J connectivity index is 2.95. The fourth-order valence-electron chi connectivity index (χ4n) is 0.912. The van der Waals surface area contributed by atoms with Crippen molar-refractivity contribution in [1.82, 2.24) is 4.98 Å². The van der Waals surface area contributed by atoms with Crippen LogP contribution in [-0.2, 0) is 0 Å². The van der Waals surface area contributed by atoms with Gasteiger partial charge in [0.25, 0.3) is 0 Å². The lowest BCUT2D eigenvalue weighted by atomic mass is 10.4. The van der Waals surface area contributed by atoms with E-state index < -0.39 is 0 Å². The van der Waals surface area contributed by atoms with Crippen LogP contribution in [0.5, 0.6) is 0 Å². The van der Waals surface area contributed by atoms with Gasteiger partial charge in [-0.15, -0.1) is 0 Å². The lowest BCUT2D eigenvalue weighted by Crippen LogP contribution is -2.15. The SMILES string of the molecule is c1cc[n+]2c[nH]cc2c1. The average Bonchev–Trinajstić information content (AvgIpc) is 2.33. The molecule has 0 unspecified atom stereocenters. The number of rotatable bonds is 0. The van der Waals surface area contributed by atoms with Crippen LogP contribution in [0.1, 0.15) is 0 Å². The summed E-state index contributed by atoms with van der Waals surface area (Å²) in [5.41, 5.74) is 1.19. The second-order valence-electron chi connectivity index (χ2n) is 1.97. The summed E-state index contributed by atoms with van der Waals surface area (Å²) >= 11 is 0. The molecule has 0 aromatic carbocycles. The second kappa shape index (κ2) is 1.58. The highest BCUT2D eigenvalue weighted by molar-refractivity contribution is 5.34. The predicted molar refractivity (Wildman–Crippen MR) is 34.0 cm³/mol. The third kappa shape index (κ3) is 0.598. The molecule has 2 nitrogen and oxygen atoms in total. The lowest BCUT2D eigenvalue weighted by Gasteiger charge is -1.78. The number of hydrogen-bond donors (Lipinski definition) is 1. The highest BCUT2D eigenvalue weighted by Crippen LogP contribution is 1.89. The van der Waals surface area contributed by atoms with E-state index in [1.807, 2.05) is 35.3 Å². The molecule has 2 aromatic heterocycles. The first kappa shape index (κ1) is 4.56. The van der Waals surface area contributed by atoms with E-state index in [9.17, 15) is 0 Å². The summed E-state index contributed by atoms with van der Waals surface area (Å²) in [4.78, 5) is 3.00. The molecule has 0 fully saturated rings. The standard InChI is InChI=1S/C7H6N2/c1-2-4-9-6-8-5-7(9)3-1/h1-6H/p+1. The minimum Gasteiger partial charge on any atom is -0.249 e. The molecule has 0 saturated heterocycles. The number of hydrogen-bond acceptors (Lipinski definition) is 0. The molecule has 44 valence electrons. The van der Waals surface area contributed by atoms with Crippen LogP contribution in [0.25, 0.3) is 5.52 Å². The molecule has 0 saturated carbocycles. The molecule has 0 radical (unpaired) electrons. The Labute approximate surface area is 52.8 Å². The molecule has 0 aliphatic rings. The minimum atomic E-state index is 1.19. The van der Waals surface area contributed by atoms with E-state index >= 15 is 0 Å². The van der Waals surface area contributed by atoms with Gasteiger partial charge in [-0.2, -0.15) is 0 Å². The largest absolute Gasteiger partial charge is 0.249 e. The molecule has 0 spiro atoms. The van der Waals surface area contributed by atoms with E-state index in [1.165, 1.54) is 5.52 Å². The van der Waals surface area contributed by atoms with Gasteiger partial charge in [0, 0.05) is 0 Å². The molecule has 9 heavy (non-hydrogen) atoms. The first-order valence-corrected chi connectivity index (χ1v) is 2.89. The van der Waals surface area contributed by atoms with Crippen molar-refractivity contribution in [2.75, 3.05) is 0 Å². The summed E-state index contributed by atoms with van der Waals surface area (Å²) in [6, 6.07) is 6.07. The third-order valence-electron chi connectivity index (χ3n) is 1.37. The van der Waals surface area contributed by atoms with Crippen LogP contribution >= 0.6 is 0 Å². The topological polar surface area (TPSA) is 19.9 Å². The third-order valence-corrected chi connectivity index (χ3v) is 1.37. The normalized spacial score (nSPS) is 10.2. The zero-order chi connectivity index (χ0) is 6.10. The Kier molecular flexibility index (Phi) is 0.803. The molecule has 2 rings (SSSR count).